The molecule has 21 heavy (non-hydrogen) atoms. The van der Waals surface area contributed by atoms with Gasteiger partial charge >= 0.3 is 0 Å². The molecule has 7 heteroatoms. The summed E-state index contributed by atoms with van der Waals surface area (Å²) in [5.74, 6) is -0.161. The highest BCUT2D eigenvalue weighted by Gasteiger charge is 2.29. The second-order valence-corrected chi connectivity index (χ2v) is 7.88. The van der Waals surface area contributed by atoms with E-state index in [1.54, 1.807) is 12.1 Å². The third-order valence-electron chi connectivity index (χ3n) is 3.59. The van der Waals surface area contributed by atoms with E-state index in [9.17, 15) is 13.2 Å². The number of ether oxygens (including phenoxy) is 1. The minimum atomic E-state index is -3.72. The fourth-order valence-electron chi connectivity index (χ4n) is 2.33. The molecule has 2 rings (SSSR count). The summed E-state index contributed by atoms with van der Waals surface area (Å²) in [6.07, 6.45) is 0.839. The van der Waals surface area contributed by atoms with Gasteiger partial charge in [0.2, 0.25) is 5.91 Å². The van der Waals surface area contributed by atoms with Crippen molar-refractivity contribution >= 4 is 25.6 Å². The lowest BCUT2D eigenvalue weighted by atomic mass is 10.0. The predicted octanol–water partition coefficient (Wildman–Crippen LogP) is 2.22. The van der Waals surface area contributed by atoms with Gasteiger partial charge in [0.05, 0.1) is 29.6 Å². The zero-order valence-electron chi connectivity index (χ0n) is 11.9. The maximum Gasteiger partial charge on any atom is 0.261 e. The molecule has 1 aromatic carbocycles. The molecule has 0 spiro atoms. The predicted molar refractivity (Wildman–Crippen MR) is 79.6 cm³/mol. The van der Waals surface area contributed by atoms with Crippen molar-refractivity contribution in [3.8, 4) is 0 Å². The quantitative estimate of drug-likeness (QED) is 0.859. The summed E-state index contributed by atoms with van der Waals surface area (Å²) in [6.45, 7) is 4.24. The molecule has 1 aromatic rings. The Bertz CT molecular complexity index is 614. The molecule has 5 nitrogen and oxygen atoms in total. The number of hydrogen-bond acceptors (Lipinski definition) is 4. The Labute approximate surface area is 129 Å². The molecular formula is C14H18ClNO4S. The number of amides is 1. The molecule has 1 heterocycles. The third kappa shape index (κ3) is 4.18. The Morgan fingerprint density at radius 1 is 1.38 bits per heavy atom. The fourth-order valence-corrected chi connectivity index (χ4v) is 3.10. The Morgan fingerprint density at radius 2 is 2.00 bits per heavy atom. The Balaban J connectivity index is 2.00. The van der Waals surface area contributed by atoms with Gasteiger partial charge in [-0.2, -0.15) is 0 Å². The summed E-state index contributed by atoms with van der Waals surface area (Å²) in [5.41, 5.74) is 0.819. The van der Waals surface area contributed by atoms with Crippen molar-refractivity contribution in [2.45, 2.75) is 37.3 Å². The first-order valence-corrected chi connectivity index (χ1v) is 9.05. The normalized spacial score (nSPS) is 23.8. The number of carbonyl (C=O) groups excluding carboxylic acids is 1. The summed E-state index contributed by atoms with van der Waals surface area (Å²) < 4.78 is 27.7. The lowest BCUT2D eigenvalue weighted by molar-refractivity contribution is -0.125. The largest absolute Gasteiger partial charge is 0.378 e. The maximum absolute atomic E-state index is 12.1. The molecule has 1 aliphatic rings. The Kier molecular flexibility index (Phi) is 4.91. The molecular weight excluding hydrogens is 314 g/mol. The summed E-state index contributed by atoms with van der Waals surface area (Å²) in [6, 6.07) is 5.95. The van der Waals surface area contributed by atoms with E-state index in [-0.39, 0.29) is 28.9 Å². The van der Waals surface area contributed by atoms with Crippen LogP contribution in [0, 0.1) is 5.92 Å². The highest BCUT2D eigenvalue weighted by molar-refractivity contribution is 8.13. The van der Waals surface area contributed by atoms with Gasteiger partial charge in [-0.15, -0.1) is 0 Å². The van der Waals surface area contributed by atoms with Gasteiger partial charge in [-0.05, 0) is 38.0 Å². The molecule has 1 N–H and O–H groups in total. The number of carbonyl (C=O) groups is 1. The summed E-state index contributed by atoms with van der Waals surface area (Å²) in [4.78, 5) is 12.1. The van der Waals surface area contributed by atoms with Crippen LogP contribution in [0.15, 0.2) is 29.2 Å². The van der Waals surface area contributed by atoms with Gasteiger partial charge in [-0.3, -0.25) is 4.79 Å². The number of benzene rings is 1. The zero-order chi connectivity index (χ0) is 15.6. The molecule has 1 aliphatic heterocycles. The number of rotatable bonds is 4. The first-order valence-electron chi connectivity index (χ1n) is 6.74. The van der Waals surface area contributed by atoms with Crippen LogP contribution in [-0.4, -0.2) is 27.0 Å². The first kappa shape index (κ1) is 16.3. The molecule has 0 aromatic heterocycles. The van der Waals surface area contributed by atoms with Crippen molar-refractivity contribution in [3.63, 3.8) is 0 Å². The van der Waals surface area contributed by atoms with Crippen LogP contribution in [0.2, 0.25) is 0 Å². The van der Waals surface area contributed by atoms with Crippen LogP contribution in [0.3, 0.4) is 0 Å². The smallest absolute Gasteiger partial charge is 0.261 e. The SMILES string of the molecule is CC1CC(C(=O)NC(C)c2ccc(S(=O)(=O)Cl)cc2)CO1. The van der Waals surface area contributed by atoms with Gasteiger partial charge in [-0.25, -0.2) is 8.42 Å². The van der Waals surface area contributed by atoms with Gasteiger partial charge in [0.25, 0.3) is 9.05 Å². The third-order valence-corrected chi connectivity index (χ3v) is 4.96. The fraction of sp³-hybridized carbons (Fsp3) is 0.500. The molecule has 1 saturated heterocycles. The van der Waals surface area contributed by atoms with Crippen molar-refractivity contribution in [2.75, 3.05) is 6.61 Å². The van der Waals surface area contributed by atoms with Crippen LogP contribution >= 0.6 is 10.7 Å². The minimum Gasteiger partial charge on any atom is -0.378 e. The lowest BCUT2D eigenvalue weighted by Crippen LogP contribution is -2.33. The van der Waals surface area contributed by atoms with E-state index >= 15 is 0 Å². The average molecular weight is 332 g/mol. The lowest BCUT2D eigenvalue weighted by Gasteiger charge is -2.17. The van der Waals surface area contributed by atoms with Crippen molar-refractivity contribution < 1.29 is 17.9 Å². The Hall–Kier alpha value is -1.11. The van der Waals surface area contributed by atoms with Gasteiger partial charge in [-0.1, -0.05) is 12.1 Å². The van der Waals surface area contributed by atoms with E-state index in [1.807, 2.05) is 13.8 Å². The number of halogens is 1. The first-order chi connectivity index (χ1) is 9.77. The van der Waals surface area contributed by atoms with E-state index in [0.29, 0.717) is 6.61 Å². The molecule has 3 unspecified atom stereocenters. The van der Waals surface area contributed by atoms with Crippen molar-refractivity contribution in [1.82, 2.24) is 5.32 Å². The van der Waals surface area contributed by atoms with Crippen molar-refractivity contribution in [3.05, 3.63) is 29.8 Å². The Morgan fingerprint density at radius 3 is 2.48 bits per heavy atom. The highest BCUT2D eigenvalue weighted by Crippen LogP contribution is 2.22. The maximum atomic E-state index is 12.1. The van der Waals surface area contributed by atoms with Gasteiger partial charge < -0.3 is 10.1 Å². The topological polar surface area (TPSA) is 72.5 Å². The van der Waals surface area contributed by atoms with Crippen LogP contribution in [0.4, 0.5) is 0 Å². The molecule has 1 amide bonds. The second-order valence-electron chi connectivity index (χ2n) is 5.31. The number of nitrogens with one attached hydrogen (secondary N) is 1. The van der Waals surface area contributed by atoms with Crippen molar-refractivity contribution in [1.29, 1.82) is 0 Å². The molecule has 0 aliphatic carbocycles. The minimum absolute atomic E-state index is 0.0408. The molecule has 0 bridgehead atoms. The number of hydrogen-bond donors (Lipinski definition) is 1. The zero-order valence-corrected chi connectivity index (χ0v) is 13.4. The highest BCUT2D eigenvalue weighted by atomic mass is 35.7. The van der Waals surface area contributed by atoms with E-state index in [1.165, 1.54) is 12.1 Å². The molecule has 116 valence electrons. The van der Waals surface area contributed by atoms with E-state index in [2.05, 4.69) is 5.32 Å². The van der Waals surface area contributed by atoms with Gasteiger partial charge in [0.1, 0.15) is 0 Å². The average Bonchev–Trinajstić information content (AvgIpc) is 2.84. The molecule has 0 saturated carbocycles. The van der Waals surface area contributed by atoms with Gasteiger partial charge in [0.15, 0.2) is 0 Å². The van der Waals surface area contributed by atoms with E-state index < -0.39 is 9.05 Å². The van der Waals surface area contributed by atoms with Crippen LogP contribution in [0.1, 0.15) is 31.9 Å². The molecule has 3 atom stereocenters. The molecule has 0 radical (unpaired) electrons. The summed E-state index contributed by atoms with van der Waals surface area (Å²) >= 11 is 0. The van der Waals surface area contributed by atoms with Crippen LogP contribution in [-0.2, 0) is 18.6 Å². The van der Waals surface area contributed by atoms with Crippen molar-refractivity contribution in [2.24, 2.45) is 5.92 Å². The van der Waals surface area contributed by atoms with Crippen LogP contribution in [0.25, 0.3) is 0 Å². The summed E-state index contributed by atoms with van der Waals surface area (Å²) in [5, 5.41) is 2.92. The van der Waals surface area contributed by atoms with Crippen LogP contribution < -0.4 is 5.32 Å². The second kappa shape index (κ2) is 6.34. The monoisotopic (exact) mass is 331 g/mol. The molecule has 1 fully saturated rings. The van der Waals surface area contributed by atoms with Gasteiger partial charge in [0, 0.05) is 10.7 Å². The van der Waals surface area contributed by atoms with E-state index in [0.717, 1.165) is 12.0 Å². The van der Waals surface area contributed by atoms with E-state index in [4.69, 9.17) is 15.4 Å². The summed E-state index contributed by atoms with van der Waals surface area (Å²) in [7, 11) is 1.54. The van der Waals surface area contributed by atoms with Crippen LogP contribution in [0.5, 0.6) is 0 Å². The standard InChI is InChI=1S/C14H18ClNO4S/c1-9-7-12(8-20-9)14(17)16-10(2)11-3-5-13(6-4-11)21(15,18)19/h3-6,9-10,12H,7-8H2,1-2H3,(H,16,17).